The van der Waals surface area contributed by atoms with Crippen molar-refractivity contribution in [2.75, 3.05) is 0 Å². The van der Waals surface area contributed by atoms with E-state index in [2.05, 4.69) is 16.4 Å². The minimum absolute atomic E-state index is 0.272. The summed E-state index contributed by atoms with van der Waals surface area (Å²) in [5.74, 6) is 0.597. The monoisotopic (exact) mass is 264 g/mol. The summed E-state index contributed by atoms with van der Waals surface area (Å²) < 4.78 is 7.07. The Kier molecular flexibility index (Phi) is 3.05. The van der Waals surface area contributed by atoms with Gasteiger partial charge in [-0.25, -0.2) is 4.68 Å². The van der Waals surface area contributed by atoms with E-state index in [1.807, 2.05) is 31.2 Å². The number of hydrogen-bond acceptors (Lipinski definition) is 4. The topological polar surface area (TPSA) is 67.6 Å². The fourth-order valence-corrected chi connectivity index (χ4v) is 2.11. The second-order valence-electron chi connectivity index (χ2n) is 4.46. The van der Waals surface area contributed by atoms with Crippen LogP contribution in [0.15, 0.2) is 47.1 Å². The molecule has 98 valence electrons. The number of benzene rings is 1. The molecule has 0 atom stereocenters. The van der Waals surface area contributed by atoms with Gasteiger partial charge in [-0.2, -0.15) is 5.26 Å². The van der Waals surface area contributed by atoms with Gasteiger partial charge in [-0.3, -0.25) is 0 Å². The first kappa shape index (κ1) is 12.2. The number of furan rings is 1. The van der Waals surface area contributed by atoms with E-state index in [4.69, 9.17) is 9.68 Å². The van der Waals surface area contributed by atoms with Gasteiger partial charge < -0.3 is 4.42 Å². The van der Waals surface area contributed by atoms with Gasteiger partial charge in [0.1, 0.15) is 11.8 Å². The minimum Gasteiger partial charge on any atom is -0.463 e. The Labute approximate surface area is 116 Å². The van der Waals surface area contributed by atoms with Crippen LogP contribution in [0.4, 0.5) is 0 Å². The largest absolute Gasteiger partial charge is 0.463 e. The Morgan fingerprint density at radius 1 is 1.25 bits per heavy atom. The number of nitriles is 1. The van der Waals surface area contributed by atoms with Crippen LogP contribution in [0.1, 0.15) is 16.8 Å². The van der Waals surface area contributed by atoms with Crippen molar-refractivity contribution in [2.45, 2.75) is 13.5 Å². The molecule has 0 amide bonds. The van der Waals surface area contributed by atoms with Crippen molar-refractivity contribution in [1.29, 1.82) is 5.26 Å². The van der Waals surface area contributed by atoms with Crippen LogP contribution in [-0.2, 0) is 6.54 Å². The van der Waals surface area contributed by atoms with Gasteiger partial charge in [0.2, 0.25) is 0 Å². The zero-order valence-electron chi connectivity index (χ0n) is 10.9. The van der Waals surface area contributed by atoms with Crippen LogP contribution in [0, 0.1) is 18.3 Å². The highest BCUT2D eigenvalue weighted by Crippen LogP contribution is 2.23. The van der Waals surface area contributed by atoms with Crippen molar-refractivity contribution in [3.63, 3.8) is 0 Å². The SMILES string of the molecule is Cc1ccccc1Cn1nnc(C#N)c1-c1ccco1. The molecule has 0 aliphatic carbocycles. The number of nitrogens with zero attached hydrogens (tertiary/aromatic N) is 4. The molecule has 0 saturated carbocycles. The van der Waals surface area contributed by atoms with Gasteiger partial charge in [-0.1, -0.05) is 29.5 Å². The van der Waals surface area contributed by atoms with Crippen LogP contribution < -0.4 is 0 Å². The van der Waals surface area contributed by atoms with E-state index in [-0.39, 0.29) is 5.69 Å². The minimum atomic E-state index is 0.272. The van der Waals surface area contributed by atoms with Crippen molar-refractivity contribution >= 4 is 0 Å². The van der Waals surface area contributed by atoms with E-state index < -0.39 is 0 Å². The van der Waals surface area contributed by atoms with Crippen molar-refractivity contribution < 1.29 is 4.42 Å². The summed E-state index contributed by atoms with van der Waals surface area (Å²) in [4.78, 5) is 0. The number of rotatable bonds is 3. The lowest BCUT2D eigenvalue weighted by molar-refractivity contribution is 0.566. The molecule has 0 unspecified atom stereocenters. The van der Waals surface area contributed by atoms with Crippen molar-refractivity contribution in [3.05, 3.63) is 59.5 Å². The molecule has 0 bridgehead atoms. The Hall–Kier alpha value is -2.87. The maximum absolute atomic E-state index is 9.14. The van der Waals surface area contributed by atoms with E-state index in [1.54, 1.807) is 23.1 Å². The number of hydrogen-bond donors (Lipinski definition) is 0. The normalized spacial score (nSPS) is 10.4. The molecule has 0 aliphatic rings. The molecule has 2 heterocycles. The first-order chi connectivity index (χ1) is 9.79. The fraction of sp³-hybridized carbons (Fsp3) is 0.133. The Morgan fingerprint density at radius 3 is 2.80 bits per heavy atom. The third-order valence-corrected chi connectivity index (χ3v) is 3.18. The lowest BCUT2D eigenvalue weighted by atomic mass is 10.1. The summed E-state index contributed by atoms with van der Waals surface area (Å²) >= 11 is 0. The van der Waals surface area contributed by atoms with Gasteiger partial charge in [0.15, 0.2) is 11.5 Å². The molecular weight excluding hydrogens is 252 g/mol. The first-order valence-electron chi connectivity index (χ1n) is 6.21. The Bertz CT molecular complexity index is 766. The summed E-state index contributed by atoms with van der Waals surface area (Å²) in [5.41, 5.74) is 3.19. The summed E-state index contributed by atoms with van der Waals surface area (Å²) in [5, 5.41) is 17.1. The molecule has 2 aromatic heterocycles. The van der Waals surface area contributed by atoms with E-state index in [0.29, 0.717) is 18.0 Å². The molecule has 0 spiro atoms. The van der Waals surface area contributed by atoms with Crippen LogP contribution in [-0.4, -0.2) is 15.0 Å². The third kappa shape index (κ3) is 2.08. The van der Waals surface area contributed by atoms with Crippen LogP contribution in [0.3, 0.4) is 0 Å². The van der Waals surface area contributed by atoms with Crippen LogP contribution >= 0.6 is 0 Å². The number of aryl methyl sites for hydroxylation is 1. The van der Waals surface area contributed by atoms with Gasteiger partial charge in [-0.15, -0.1) is 5.10 Å². The lowest BCUT2D eigenvalue weighted by Crippen LogP contribution is -2.05. The maximum Gasteiger partial charge on any atom is 0.193 e. The van der Waals surface area contributed by atoms with E-state index >= 15 is 0 Å². The second-order valence-corrected chi connectivity index (χ2v) is 4.46. The molecular formula is C15H12N4O. The van der Waals surface area contributed by atoms with Gasteiger partial charge in [-0.05, 0) is 30.2 Å². The van der Waals surface area contributed by atoms with Gasteiger partial charge in [0.05, 0.1) is 12.8 Å². The molecule has 0 aliphatic heterocycles. The smallest absolute Gasteiger partial charge is 0.193 e. The predicted octanol–water partition coefficient (Wildman–Crippen LogP) is 2.77. The zero-order valence-corrected chi connectivity index (χ0v) is 10.9. The lowest BCUT2D eigenvalue weighted by Gasteiger charge is -2.07. The maximum atomic E-state index is 9.14. The van der Waals surface area contributed by atoms with Gasteiger partial charge in [0.25, 0.3) is 0 Å². The van der Waals surface area contributed by atoms with Gasteiger partial charge in [0, 0.05) is 0 Å². The summed E-state index contributed by atoms with van der Waals surface area (Å²) in [7, 11) is 0. The van der Waals surface area contributed by atoms with Crippen molar-refractivity contribution in [3.8, 4) is 17.5 Å². The average Bonchev–Trinajstić information content (AvgIpc) is 3.09. The van der Waals surface area contributed by atoms with Gasteiger partial charge >= 0.3 is 0 Å². The fourth-order valence-electron chi connectivity index (χ4n) is 2.11. The zero-order chi connectivity index (χ0) is 13.9. The van der Waals surface area contributed by atoms with Crippen LogP contribution in [0.25, 0.3) is 11.5 Å². The molecule has 0 fully saturated rings. The standard InChI is InChI=1S/C15H12N4O/c1-11-5-2-3-6-12(11)10-19-15(13(9-16)17-18-19)14-7-4-8-20-14/h2-8H,10H2,1H3. The second kappa shape index (κ2) is 5.02. The Morgan fingerprint density at radius 2 is 2.10 bits per heavy atom. The molecule has 3 rings (SSSR count). The highest BCUT2D eigenvalue weighted by atomic mass is 16.3. The van der Waals surface area contributed by atoms with E-state index in [9.17, 15) is 0 Å². The molecule has 0 N–H and O–H groups in total. The highest BCUT2D eigenvalue weighted by molar-refractivity contribution is 5.59. The summed E-state index contributed by atoms with van der Waals surface area (Å²) in [6.07, 6.45) is 1.57. The molecule has 3 aromatic rings. The molecule has 1 aromatic carbocycles. The first-order valence-corrected chi connectivity index (χ1v) is 6.21. The molecule has 0 radical (unpaired) electrons. The van der Waals surface area contributed by atoms with Crippen molar-refractivity contribution in [1.82, 2.24) is 15.0 Å². The van der Waals surface area contributed by atoms with Crippen LogP contribution in [0.5, 0.6) is 0 Å². The van der Waals surface area contributed by atoms with Crippen LogP contribution in [0.2, 0.25) is 0 Å². The molecule has 20 heavy (non-hydrogen) atoms. The predicted molar refractivity (Wildman–Crippen MR) is 72.7 cm³/mol. The number of aromatic nitrogens is 3. The summed E-state index contributed by atoms with van der Waals surface area (Å²) in [6, 6.07) is 13.7. The van der Waals surface area contributed by atoms with E-state index in [1.165, 1.54) is 5.56 Å². The highest BCUT2D eigenvalue weighted by Gasteiger charge is 2.17. The van der Waals surface area contributed by atoms with Crippen molar-refractivity contribution in [2.24, 2.45) is 0 Å². The molecule has 5 heteroatoms. The molecule has 5 nitrogen and oxygen atoms in total. The summed E-state index contributed by atoms with van der Waals surface area (Å²) in [6.45, 7) is 2.60. The third-order valence-electron chi connectivity index (χ3n) is 3.18. The quantitative estimate of drug-likeness (QED) is 0.729. The molecule has 0 saturated heterocycles. The Balaban J connectivity index is 2.06. The van der Waals surface area contributed by atoms with E-state index in [0.717, 1.165) is 5.56 Å². The average molecular weight is 264 g/mol.